The molecule has 2 N–H and O–H groups in total. The number of carbonyl (C=O) groups excluding carboxylic acids is 1. The molecule has 124 valence electrons. The van der Waals surface area contributed by atoms with Crippen molar-refractivity contribution in [1.29, 1.82) is 0 Å². The summed E-state index contributed by atoms with van der Waals surface area (Å²) in [7, 11) is 0. The highest BCUT2D eigenvalue weighted by Crippen LogP contribution is 2.21. The molecule has 3 aromatic rings. The summed E-state index contributed by atoms with van der Waals surface area (Å²) >= 11 is 0. The van der Waals surface area contributed by atoms with Gasteiger partial charge in [-0.2, -0.15) is 0 Å². The molecule has 25 heavy (non-hydrogen) atoms. The molecule has 1 amide bonds. The van der Waals surface area contributed by atoms with Crippen LogP contribution in [-0.4, -0.2) is 17.0 Å². The maximum Gasteiger partial charge on any atom is 0.335 e. The topological polar surface area (TPSA) is 75.6 Å². The molecule has 0 aliphatic carbocycles. The number of benzene rings is 3. The minimum Gasteiger partial charge on any atom is -0.478 e. The SMILES string of the molecule is O=C(O)c1ccc(NC(=O)c2ccc(Oc3ccccc3)cc2)cc1. The van der Waals surface area contributed by atoms with Crippen LogP contribution >= 0.6 is 0 Å². The normalized spacial score (nSPS) is 10.1. The standard InChI is InChI=1S/C20H15NO4/c22-19(21-16-10-6-15(7-11-16)20(23)24)14-8-12-18(13-9-14)25-17-4-2-1-3-5-17/h1-13H,(H,21,22)(H,23,24). The van der Waals surface area contributed by atoms with Crippen LogP contribution in [0.5, 0.6) is 11.5 Å². The second-order valence-electron chi connectivity index (χ2n) is 5.28. The van der Waals surface area contributed by atoms with Gasteiger partial charge in [-0.1, -0.05) is 18.2 Å². The van der Waals surface area contributed by atoms with Gasteiger partial charge in [0.2, 0.25) is 0 Å². The van der Waals surface area contributed by atoms with E-state index in [1.807, 2.05) is 30.3 Å². The zero-order valence-corrected chi connectivity index (χ0v) is 13.2. The van der Waals surface area contributed by atoms with Crippen molar-refractivity contribution in [3.63, 3.8) is 0 Å². The first-order chi connectivity index (χ1) is 12.1. The average molecular weight is 333 g/mol. The van der Waals surface area contributed by atoms with Crippen LogP contribution in [0.1, 0.15) is 20.7 Å². The molecule has 5 nitrogen and oxygen atoms in total. The minimum atomic E-state index is -1.01. The number of aromatic carboxylic acids is 1. The van der Waals surface area contributed by atoms with Gasteiger partial charge in [0.15, 0.2) is 0 Å². The number of carboxylic acids is 1. The zero-order chi connectivity index (χ0) is 17.6. The van der Waals surface area contributed by atoms with Gasteiger partial charge in [-0.15, -0.1) is 0 Å². The number of rotatable bonds is 5. The van der Waals surface area contributed by atoms with Crippen molar-refractivity contribution in [2.75, 3.05) is 5.32 Å². The Hall–Kier alpha value is -3.60. The van der Waals surface area contributed by atoms with Crippen LogP contribution < -0.4 is 10.1 Å². The van der Waals surface area contributed by atoms with E-state index < -0.39 is 5.97 Å². The number of hydrogen-bond acceptors (Lipinski definition) is 3. The fraction of sp³-hybridized carbons (Fsp3) is 0. The van der Waals surface area contributed by atoms with Gasteiger partial charge in [0, 0.05) is 11.3 Å². The number of hydrogen-bond donors (Lipinski definition) is 2. The number of nitrogens with one attached hydrogen (secondary N) is 1. The van der Waals surface area contributed by atoms with Gasteiger partial charge in [0.1, 0.15) is 11.5 Å². The van der Waals surface area contributed by atoms with Crippen molar-refractivity contribution in [3.05, 3.63) is 90.0 Å². The smallest absolute Gasteiger partial charge is 0.335 e. The lowest BCUT2D eigenvalue weighted by Crippen LogP contribution is -2.11. The van der Waals surface area contributed by atoms with E-state index in [0.717, 1.165) is 5.75 Å². The first-order valence-electron chi connectivity index (χ1n) is 7.59. The van der Waals surface area contributed by atoms with Crippen LogP contribution in [-0.2, 0) is 0 Å². The Balaban J connectivity index is 1.65. The van der Waals surface area contributed by atoms with Crippen molar-refractivity contribution >= 4 is 17.6 Å². The Morgan fingerprint density at radius 2 is 1.28 bits per heavy atom. The van der Waals surface area contributed by atoms with Crippen LogP contribution in [0.4, 0.5) is 5.69 Å². The molecular formula is C20H15NO4. The summed E-state index contributed by atoms with van der Waals surface area (Å²) in [6, 6.07) is 22.1. The second-order valence-corrected chi connectivity index (χ2v) is 5.28. The van der Waals surface area contributed by atoms with Gasteiger partial charge in [-0.25, -0.2) is 4.79 Å². The Kier molecular flexibility index (Phi) is 4.76. The lowest BCUT2D eigenvalue weighted by Gasteiger charge is -2.08. The molecule has 0 saturated heterocycles. The summed E-state index contributed by atoms with van der Waals surface area (Å²) in [5, 5.41) is 11.6. The van der Waals surface area contributed by atoms with Gasteiger partial charge in [-0.3, -0.25) is 4.79 Å². The van der Waals surface area contributed by atoms with E-state index in [0.29, 0.717) is 17.0 Å². The van der Waals surface area contributed by atoms with E-state index in [2.05, 4.69) is 5.32 Å². The first kappa shape index (κ1) is 16.3. The predicted octanol–water partition coefficient (Wildman–Crippen LogP) is 4.43. The summed E-state index contributed by atoms with van der Waals surface area (Å²) in [6.45, 7) is 0. The highest BCUT2D eigenvalue weighted by molar-refractivity contribution is 6.04. The van der Waals surface area contributed by atoms with Crippen molar-refractivity contribution in [3.8, 4) is 11.5 Å². The van der Waals surface area contributed by atoms with E-state index in [9.17, 15) is 9.59 Å². The van der Waals surface area contributed by atoms with Crippen molar-refractivity contribution in [1.82, 2.24) is 0 Å². The number of amides is 1. The molecule has 0 spiro atoms. The molecule has 0 aliphatic heterocycles. The second kappa shape index (κ2) is 7.31. The monoisotopic (exact) mass is 333 g/mol. The molecule has 3 rings (SSSR count). The van der Waals surface area contributed by atoms with Crippen molar-refractivity contribution in [2.45, 2.75) is 0 Å². The molecule has 0 aliphatic rings. The van der Waals surface area contributed by atoms with Crippen LogP contribution in [0.3, 0.4) is 0 Å². The van der Waals surface area contributed by atoms with Crippen LogP contribution in [0.25, 0.3) is 0 Å². The molecule has 5 heteroatoms. The summed E-state index contributed by atoms with van der Waals surface area (Å²) in [6.07, 6.45) is 0. The zero-order valence-electron chi connectivity index (χ0n) is 13.2. The quantitative estimate of drug-likeness (QED) is 0.724. The van der Waals surface area contributed by atoms with Gasteiger partial charge in [0.05, 0.1) is 5.56 Å². The number of ether oxygens (including phenoxy) is 1. The Morgan fingerprint density at radius 3 is 1.88 bits per heavy atom. The third-order valence-corrected chi connectivity index (χ3v) is 3.49. The average Bonchev–Trinajstić information content (AvgIpc) is 2.63. The van der Waals surface area contributed by atoms with Gasteiger partial charge in [0.25, 0.3) is 5.91 Å². The van der Waals surface area contributed by atoms with E-state index >= 15 is 0 Å². The highest BCUT2D eigenvalue weighted by atomic mass is 16.5. The predicted molar refractivity (Wildman–Crippen MR) is 94.3 cm³/mol. The van der Waals surface area contributed by atoms with E-state index in [1.165, 1.54) is 12.1 Å². The van der Waals surface area contributed by atoms with E-state index in [-0.39, 0.29) is 11.5 Å². The first-order valence-corrected chi connectivity index (χ1v) is 7.59. The molecule has 0 saturated carbocycles. The summed E-state index contributed by atoms with van der Waals surface area (Å²) in [4.78, 5) is 23.1. The Labute approximate surface area is 144 Å². The summed E-state index contributed by atoms with van der Waals surface area (Å²) in [5.74, 6) is 0.0630. The Morgan fingerprint density at radius 1 is 0.720 bits per heavy atom. The lowest BCUT2D eigenvalue weighted by atomic mass is 10.1. The van der Waals surface area contributed by atoms with Gasteiger partial charge in [-0.05, 0) is 60.7 Å². The molecule has 0 radical (unpaired) electrons. The summed E-state index contributed by atoms with van der Waals surface area (Å²) < 4.78 is 5.68. The van der Waals surface area contributed by atoms with Gasteiger partial charge < -0.3 is 15.2 Å². The molecule has 0 heterocycles. The van der Waals surface area contributed by atoms with Crippen LogP contribution in [0.15, 0.2) is 78.9 Å². The van der Waals surface area contributed by atoms with Crippen LogP contribution in [0.2, 0.25) is 0 Å². The molecular weight excluding hydrogens is 318 g/mol. The molecule has 0 atom stereocenters. The number of carboxylic acid groups (broad SMARTS) is 1. The van der Waals surface area contributed by atoms with Crippen molar-refractivity contribution < 1.29 is 19.4 Å². The molecule has 0 aromatic heterocycles. The fourth-order valence-corrected chi connectivity index (χ4v) is 2.20. The number of carbonyl (C=O) groups is 2. The maximum atomic E-state index is 12.2. The van der Waals surface area contributed by atoms with Crippen molar-refractivity contribution in [2.24, 2.45) is 0 Å². The Bertz CT molecular complexity index is 872. The molecule has 3 aromatic carbocycles. The largest absolute Gasteiger partial charge is 0.478 e. The molecule has 0 fully saturated rings. The lowest BCUT2D eigenvalue weighted by molar-refractivity contribution is 0.0696. The third kappa shape index (κ3) is 4.23. The van der Waals surface area contributed by atoms with Gasteiger partial charge >= 0.3 is 5.97 Å². The van der Waals surface area contributed by atoms with E-state index in [4.69, 9.17) is 9.84 Å². The highest BCUT2D eigenvalue weighted by Gasteiger charge is 2.08. The number of anilines is 1. The maximum absolute atomic E-state index is 12.2. The number of para-hydroxylation sites is 1. The van der Waals surface area contributed by atoms with E-state index in [1.54, 1.807) is 36.4 Å². The molecule has 0 unspecified atom stereocenters. The molecule has 0 bridgehead atoms. The minimum absolute atomic E-state index is 0.167. The van der Waals surface area contributed by atoms with Crippen LogP contribution in [0, 0.1) is 0 Å². The fourth-order valence-electron chi connectivity index (χ4n) is 2.20. The third-order valence-electron chi connectivity index (χ3n) is 3.49. The summed E-state index contributed by atoms with van der Waals surface area (Å²) in [5.41, 5.74) is 1.17.